The molecule has 1 aliphatic heterocycles. The molecule has 4 nitrogen and oxygen atoms in total. The lowest BCUT2D eigenvalue weighted by Gasteiger charge is -2.29. The van der Waals surface area contributed by atoms with Crippen molar-refractivity contribution in [2.24, 2.45) is 5.92 Å². The molecule has 2 rings (SSSR count). The Bertz CT molecular complexity index is 572. The maximum atomic E-state index is 12.2. The highest BCUT2D eigenvalue weighted by atomic mass is 16.5. The molecule has 0 N–H and O–H groups in total. The zero-order chi connectivity index (χ0) is 16.7. The Hall–Kier alpha value is -2.23. The van der Waals surface area contributed by atoms with Crippen molar-refractivity contribution in [3.63, 3.8) is 0 Å². The van der Waals surface area contributed by atoms with Gasteiger partial charge in [0.25, 0.3) is 0 Å². The van der Waals surface area contributed by atoms with Gasteiger partial charge in [0, 0.05) is 19.2 Å². The Kier molecular flexibility index (Phi) is 6.27. The minimum Gasteiger partial charge on any atom is -0.493 e. The van der Waals surface area contributed by atoms with E-state index < -0.39 is 0 Å². The highest BCUT2D eigenvalue weighted by Gasteiger charge is 2.18. The van der Waals surface area contributed by atoms with E-state index in [1.54, 1.807) is 19.3 Å². The number of benzene rings is 1. The van der Waals surface area contributed by atoms with E-state index in [0.717, 1.165) is 37.4 Å². The number of amides is 1. The highest BCUT2D eigenvalue weighted by molar-refractivity contribution is 5.91. The van der Waals surface area contributed by atoms with Crippen molar-refractivity contribution in [2.45, 2.75) is 19.8 Å². The molecule has 1 aliphatic rings. The van der Waals surface area contributed by atoms with Crippen LogP contribution in [0.15, 0.2) is 36.9 Å². The second kappa shape index (κ2) is 8.42. The second-order valence-electron chi connectivity index (χ2n) is 5.85. The summed E-state index contributed by atoms with van der Waals surface area (Å²) in [6, 6.07) is 5.61. The molecule has 1 aromatic carbocycles. The first-order chi connectivity index (χ1) is 11.1. The lowest BCUT2D eigenvalue weighted by atomic mass is 9.99. The molecule has 1 heterocycles. The van der Waals surface area contributed by atoms with Gasteiger partial charge in [-0.1, -0.05) is 25.6 Å². The fourth-order valence-corrected chi connectivity index (χ4v) is 2.56. The molecule has 124 valence electrons. The van der Waals surface area contributed by atoms with Crippen LogP contribution in [0.1, 0.15) is 25.3 Å². The largest absolute Gasteiger partial charge is 0.493 e. The second-order valence-corrected chi connectivity index (χ2v) is 5.85. The zero-order valence-corrected chi connectivity index (χ0v) is 14.0. The Morgan fingerprint density at radius 1 is 1.35 bits per heavy atom. The van der Waals surface area contributed by atoms with Gasteiger partial charge in [0.2, 0.25) is 5.91 Å². The third kappa shape index (κ3) is 4.88. The number of nitrogens with zero attached hydrogens (tertiary/aromatic N) is 1. The summed E-state index contributed by atoms with van der Waals surface area (Å²) in [5.74, 6) is 2.10. The highest BCUT2D eigenvalue weighted by Crippen LogP contribution is 2.28. The standard InChI is InChI=1S/C19H25NO3/c1-4-13-23-17-7-5-16(14-18(17)22-3)6-8-19(21)20-11-9-15(2)10-12-20/h4-8,14-15H,1,9-13H2,2-3H3/b8-6+. The van der Waals surface area contributed by atoms with E-state index in [1.165, 1.54) is 0 Å². The molecule has 0 aromatic heterocycles. The topological polar surface area (TPSA) is 38.8 Å². The maximum absolute atomic E-state index is 12.2. The van der Waals surface area contributed by atoms with Gasteiger partial charge in [0.15, 0.2) is 11.5 Å². The molecule has 1 amide bonds. The molecule has 0 bridgehead atoms. The first kappa shape index (κ1) is 17.1. The average molecular weight is 315 g/mol. The fourth-order valence-electron chi connectivity index (χ4n) is 2.56. The molecule has 0 radical (unpaired) electrons. The van der Waals surface area contributed by atoms with E-state index in [-0.39, 0.29) is 5.91 Å². The van der Waals surface area contributed by atoms with Crippen molar-refractivity contribution >= 4 is 12.0 Å². The molecule has 0 atom stereocenters. The molecule has 0 unspecified atom stereocenters. The molecule has 0 saturated carbocycles. The third-order valence-electron chi connectivity index (χ3n) is 4.06. The van der Waals surface area contributed by atoms with Gasteiger partial charge in [-0.3, -0.25) is 4.79 Å². The molecule has 4 heteroatoms. The van der Waals surface area contributed by atoms with Crippen LogP contribution in [0.25, 0.3) is 6.08 Å². The summed E-state index contributed by atoms with van der Waals surface area (Å²) in [5, 5.41) is 0. The number of likely N-dealkylation sites (tertiary alicyclic amines) is 1. The van der Waals surface area contributed by atoms with Crippen molar-refractivity contribution in [2.75, 3.05) is 26.8 Å². The van der Waals surface area contributed by atoms with Crippen LogP contribution >= 0.6 is 0 Å². The SMILES string of the molecule is C=CCOc1ccc(/C=C/C(=O)N2CCC(C)CC2)cc1OC. The normalized spacial score (nSPS) is 15.7. The zero-order valence-electron chi connectivity index (χ0n) is 14.0. The van der Waals surface area contributed by atoms with Gasteiger partial charge in [0.05, 0.1) is 7.11 Å². The van der Waals surface area contributed by atoms with Crippen molar-refractivity contribution < 1.29 is 14.3 Å². The van der Waals surface area contributed by atoms with E-state index in [0.29, 0.717) is 18.1 Å². The van der Waals surface area contributed by atoms with Crippen molar-refractivity contribution in [1.82, 2.24) is 4.90 Å². The first-order valence-corrected chi connectivity index (χ1v) is 8.02. The third-order valence-corrected chi connectivity index (χ3v) is 4.06. The smallest absolute Gasteiger partial charge is 0.246 e. The summed E-state index contributed by atoms with van der Waals surface area (Å²) in [6.45, 7) is 7.99. The fraction of sp³-hybridized carbons (Fsp3) is 0.421. The Balaban J connectivity index is 2.01. The molecule has 1 saturated heterocycles. The number of hydrogen-bond donors (Lipinski definition) is 0. The molecular formula is C19H25NO3. The molecule has 1 aromatic rings. The number of carbonyl (C=O) groups is 1. The lowest BCUT2D eigenvalue weighted by Crippen LogP contribution is -2.36. The van der Waals surface area contributed by atoms with Gasteiger partial charge in [-0.2, -0.15) is 0 Å². The van der Waals surface area contributed by atoms with Gasteiger partial charge in [0.1, 0.15) is 6.61 Å². The van der Waals surface area contributed by atoms with E-state index in [4.69, 9.17) is 9.47 Å². The Labute approximate surface area is 138 Å². The summed E-state index contributed by atoms with van der Waals surface area (Å²) in [4.78, 5) is 14.1. The van der Waals surface area contributed by atoms with Crippen LogP contribution in [-0.4, -0.2) is 37.6 Å². The average Bonchev–Trinajstić information content (AvgIpc) is 2.58. The van der Waals surface area contributed by atoms with Gasteiger partial charge in [-0.15, -0.1) is 0 Å². The van der Waals surface area contributed by atoms with Crippen molar-refractivity contribution in [1.29, 1.82) is 0 Å². The maximum Gasteiger partial charge on any atom is 0.246 e. The van der Waals surface area contributed by atoms with Crippen molar-refractivity contribution in [3.05, 3.63) is 42.5 Å². The van der Waals surface area contributed by atoms with Crippen LogP contribution in [0.4, 0.5) is 0 Å². The van der Waals surface area contributed by atoms with Crippen molar-refractivity contribution in [3.8, 4) is 11.5 Å². The summed E-state index contributed by atoms with van der Waals surface area (Å²) in [5.41, 5.74) is 0.909. The van der Waals surface area contributed by atoms with E-state index in [1.807, 2.05) is 29.2 Å². The van der Waals surface area contributed by atoms with Crippen LogP contribution in [0.2, 0.25) is 0 Å². The Morgan fingerprint density at radius 2 is 2.09 bits per heavy atom. The van der Waals surface area contributed by atoms with E-state index >= 15 is 0 Å². The Morgan fingerprint density at radius 3 is 2.74 bits per heavy atom. The molecular weight excluding hydrogens is 290 g/mol. The minimum absolute atomic E-state index is 0.0721. The van der Waals surface area contributed by atoms with E-state index in [2.05, 4.69) is 13.5 Å². The predicted molar refractivity (Wildman–Crippen MR) is 92.7 cm³/mol. The van der Waals surface area contributed by atoms with Crippen LogP contribution in [0, 0.1) is 5.92 Å². The van der Waals surface area contributed by atoms with Gasteiger partial charge < -0.3 is 14.4 Å². The van der Waals surface area contributed by atoms with Gasteiger partial charge in [-0.25, -0.2) is 0 Å². The van der Waals surface area contributed by atoms with Crippen LogP contribution in [0.5, 0.6) is 11.5 Å². The number of ether oxygens (including phenoxy) is 2. The van der Waals surface area contributed by atoms with Crippen LogP contribution < -0.4 is 9.47 Å². The number of rotatable bonds is 6. The summed E-state index contributed by atoms with van der Waals surface area (Å²) in [7, 11) is 1.60. The first-order valence-electron chi connectivity index (χ1n) is 8.02. The van der Waals surface area contributed by atoms with Crippen LogP contribution in [0.3, 0.4) is 0 Å². The number of carbonyl (C=O) groups excluding carboxylic acids is 1. The minimum atomic E-state index is 0.0721. The van der Waals surface area contributed by atoms with Gasteiger partial charge >= 0.3 is 0 Å². The molecule has 0 spiro atoms. The summed E-state index contributed by atoms with van der Waals surface area (Å²) >= 11 is 0. The summed E-state index contributed by atoms with van der Waals surface area (Å²) < 4.78 is 10.9. The van der Waals surface area contributed by atoms with E-state index in [9.17, 15) is 4.79 Å². The van der Waals surface area contributed by atoms with Crippen LogP contribution in [-0.2, 0) is 4.79 Å². The molecule has 0 aliphatic carbocycles. The van der Waals surface area contributed by atoms with Gasteiger partial charge in [-0.05, 0) is 42.5 Å². The molecule has 23 heavy (non-hydrogen) atoms. The number of hydrogen-bond acceptors (Lipinski definition) is 3. The molecule has 1 fully saturated rings. The monoisotopic (exact) mass is 315 g/mol. The quantitative estimate of drug-likeness (QED) is 0.595. The number of methoxy groups -OCH3 is 1. The number of piperidine rings is 1. The lowest BCUT2D eigenvalue weighted by molar-refractivity contribution is -0.127. The predicted octanol–water partition coefficient (Wildman–Crippen LogP) is 3.53. The summed E-state index contributed by atoms with van der Waals surface area (Å²) in [6.07, 6.45) is 7.31.